The molecule has 2 fully saturated rings. The van der Waals surface area contributed by atoms with E-state index in [-0.39, 0.29) is 11.5 Å². The summed E-state index contributed by atoms with van der Waals surface area (Å²) in [6, 6.07) is 3.84. The van der Waals surface area contributed by atoms with E-state index in [0.717, 1.165) is 62.1 Å². The van der Waals surface area contributed by atoms with Gasteiger partial charge in [0.2, 0.25) is 0 Å². The van der Waals surface area contributed by atoms with E-state index in [9.17, 15) is 4.79 Å². The number of carbonyl (C=O) groups is 1. The summed E-state index contributed by atoms with van der Waals surface area (Å²) >= 11 is 3.23. The first-order valence-corrected chi connectivity index (χ1v) is 10.1. The number of aromatic nitrogens is 1. The molecule has 2 aromatic heterocycles. The SMILES string of the molecule is O=C(c1cccs1)N1CCC2(CC1)CN(Cc1nccs1)CCO2. The number of nitrogens with zero attached hydrogens (tertiary/aromatic N) is 3. The molecule has 0 aliphatic carbocycles. The molecule has 1 amide bonds. The highest BCUT2D eigenvalue weighted by atomic mass is 32.1. The molecule has 7 heteroatoms. The van der Waals surface area contributed by atoms with Crippen LogP contribution in [-0.2, 0) is 11.3 Å². The minimum Gasteiger partial charge on any atom is -0.372 e. The molecule has 0 N–H and O–H groups in total. The van der Waals surface area contributed by atoms with Crippen molar-refractivity contribution in [2.24, 2.45) is 0 Å². The van der Waals surface area contributed by atoms with E-state index in [1.807, 2.05) is 34.0 Å². The molecule has 0 saturated carbocycles. The van der Waals surface area contributed by atoms with Crippen molar-refractivity contribution in [2.45, 2.75) is 25.0 Å². The molecular weight excluding hydrogens is 342 g/mol. The quantitative estimate of drug-likeness (QED) is 0.841. The monoisotopic (exact) mass is 363 g/mol. The number of likely N-dealkylation sites (tertiary alicyclic amines) is 1. The zero-order valence-corrected chi connectivity index (χ0v) is 15.2. The van der Waals surface area contributed by atoms with Crippen molar-refractivity contribution < 1.29 is 9.53 Å². The summed E-state index contributed by atoms with van der Waals surface area (Å²) in [5, 5.41) is 5.15. The van der Waals surface area contributed by atoms with Crippen molar-refractivity contribution in [3.05, 3.63) is 39.0 Å². The van der Waals surface area contributed by atoms with Crippen LogP contribution in [-0.4, -0.2) is 59.1 Å². The van der Waals surface area contributed by atoms with Gasteiger partial charge in [0.05, 0.1) is 23.6 Å². The molecule has 5 nitrogen and oxygen atoms in total. The molecule has 2 aliphatic rings. The summed E-state index contributed by atoms with van der Waals surface area (Å²) < 4.78 is 6.18. The Hall–Kier alpha value is -1.28. The molecule has 0 unspecified atom stereocenters. The second kappa shape index (κ2) is 6.92. The number of morpholine rings is 1. The fourth-order valence-corrected chi connectivity index (χ4v) is 4.91. The summed E-state index contributed by atoms with van der Waals surface area (Å²) in [6.07, 6.45) is 3.70. The highest BCUT2D eigenvalue weighted by Crippen LogP contribution is 2.31. The second-order valence-electron chi connectivity index (χ2n) is 6.44. The Balaban J connectivity index is 1.36. The Morgan fingerprint density at radius 2 is 2.12 bits per heavy atom. The number of thiophene rings is 1. The van der Waals surface area contributed by atoms with E-state index in [2.05, 4.69) is 9.88 Å². The van der Waals surface area contributed by atoms with Crippen molar-refractivity contribution in [1.82, 2.24) is 14.8 Å². The Bertz CT molecular complexity index is 664. The van der Waals surface area contributed by atoms with Gasteiger partial charge in [0.1, 0.15) is 5.01 Å². The van der Waals surface area contributed by atoms with Crippen LogP contribution < -0.4 is 0 Å². The third kappa shape index (κ3) is 3.39. The van der Waals surface area contributed by atoms with E-state index >= 15 is 0 Å². The lowest BCUT2D eigenvalue weighted by molar-refractivity contribution is -0.134. The van der Waals surface area contributed by atoms with Crippen molar-refractivity contribution in [3.63, 3.8) is 0 Å². The Kier molecular flexibility index (Phi) is 4.67. The van der Waals surface area contributed by atoms with Crippen molar-refractivity contribution in [1.29, 1.82) is 0 Å². The molecular formula is C17H21N3O2S2. The van der Waals surface area contributed by atoms with Crippen LogP contribution in [0.4, 0.5) is 0 Å². The van der Waals surface area contributed by atoms with Crippen molar-refractivity contribution in [2.75, 3.05) is 32.8 Å². The maximum atomic E-state index is 12.5. The van der Waals surface area contributed by atoms with E-state index in [4.69, 9.17) is 4.74 Å². The first-order chi connectivity index (χ1) is 11.7. The third-order valence-corrected chi connectivity index (χ3v) is 6.49. The molecule has 0 aromatic carbocycles. The molecule has 0 atom stereocenters. The van der Waals surface area contributed by atoms with Gasteiger partial charge in [-0.3, -0.25) is 9.69 Å². The van der Waals surface area contributed by atoms with E-state index < -0.39 is 0 Å². The largest absolute Gasteiger partial charge is 0.372 e. The van der Waals surface area contributed by atoms with Crippen LogP contribution in [0.2, 0.25) is 0 Å². The fraction of sp³-hybridized carbons (Fsp3) is 0.529. The lowest BCUT2D eigenvalue weighted by Gasteiger charge is -2.47. The second-order valence-corrected chi connectivity index (χ2v) is 8.36. The van der Waals surface area contributed by atoms with Crippen LogP contribution in [0.5, 0.6) is 0 Å². The van der Waals surface area contributed by atoms with Crippen molar-refractivity contribution in [3.8, 4) is 0 Å². The van der Waals surface area contributed by atoms with Gasteiger partial charge in [-0.15, -0.1) is 22.7 Å². The van der Waals surface area contributed by atoms with E-state index in [1.165, 1.54) is 11.3 Å². The van der Waals surface area contributed by atoms with Crippen LogP contribution in [0.25, 0.3) is 0 Å². The lowest BCUT2D eigenvalue weighted by atomic mass is 9.89. The van der Waals surface area contributed by atoms with Gasteiger partial charge in [0.25, 0.3) is 5.91 Å². The molecule has 24 heavy (non-hydrogen) atoms. The molecule has 2 aliphatic heterocycles. The number of amides is 1. The van der Waals surface area contributed by atoms with Gasteiger partial charge in [-0.05, 0) is 24.3 Å². The van der Waals surface area contributed by atoms with Gasteiger partial charge in [-0.1, -0.05) is 6.07 Å². The van der Waals surface area contributed by atoms with Gasteiger partial charge < -0.3 is 9.64 Å². The number of ether oxygens (including phenoxy) is 1. The number of carbonyl (C=O) groups excluding carboxylic acids is 1. The summed E-state index contributed by atoms with van der Waals surface area (Å²) in [4.78, 5) is 22.1. The zero-order chi connectivity index (χ0) is 16.4. The number of thiazole rings is 1. The van der Waals surface area contributed by atoms with Crippen LogP contribution in [0, 0.1) is 0 Å². The summed E-state index contributed by atoms with van der Waals surface area (Å²) in [6.45, 7) is 5.13. The predicted octanol–water partition coefficient (Wildman–Crippen LogP) is 2.71. The maximum Gasteiger partial charge on any atom is 0.263 e. The topological polar surface area (TPSA) is 45.7 Å². The number of hydrogen-bond donors (Lipinski definition) is 0. The third-order valence-electron chi connectivity index (χ3n) is 4.86. The number of piperidine rings is 1. The van der Waals surface area contributed by atoms with Gasteiger partial charge in [0.15, 0.2) is 0 Å². The Morgan fingerprint density at radius 3 is 2.83 bits per heavy atom. The molecule has 2 saturated heterocycles. The van der Waals surface area contributed by atoms with Crippen LogP contribution in [0.15, 0.2) is 29.1 Å². The average Bonchev–Trinajstić information content (AvgIpc) is 3.29. The van der Waals surface area contributed by atoms with Crippen LogP contribution in [0.3, 0.4) is 0 Å². The number of hydrogen-bond acceptors (Lipinski definition) is 6. The summed E-state index contributed by atoms with van der Waals surface area (Å²) in [5.74, 6) is 0.162. The fourth-order valence-electron chi connectivity index (χ4n) is 3.56. The van der Waals surface area contributed by atoms with Crippen molar-refractivity contribution >= 4 is 28.6 Å². The highest BCUT2D eigenvalue weighted by molar-refractivity contribution is 7.12. The van der Waals surface area contributed by atoms with Crippen LogP contribution >= 0.6 is 22.7 Å². The van der Waals surface area contributed by atoms with E-state index in [0.29, 0.717) is 0 Å². The van der Waals surface area contributed by atoms with Gasteiger partial charge >= 0.3 is 0 Å². The lowest BCUT2D eigenvalue weighted by Crippen LogP contribution is -2.57. The van der Waals surface area contributed by atoms with Gasteiger partial charge in [-0.2, -0.15) is 0 Å². The zero-order valence-electron chi connectivity index (χ0n) is 13.5. The standard InChI is InChI=1S/C17H21N3O2S2/c21-16(14-2-1-10-23-14)20-6-3-17(4-7-20)13-19(8-9-22-17)12-15-18-5-11-24-15/h1-2,5,10-11H,3-4,6-9,12-13H2. The maximum absolute atomic E-state index is 12.5. The van der Waals surface area contributed by atoms with Gasteiger partial charge in [0, 0.05) is 37.8 Å². The summed E-state index contributed by atoms with van der Waals surface area (Å²) in [5.41, 5.74) is -0.0955. The normalized spacial score (nSPS) is 21.2. The Labute approximate surface area is 149 Å². The molecule has 1 spiro atoms. The molecule has 0 bridgehead atoms. The minimum atomic E-state index is -0.0955. The molecule has 4 heterocycles. The minimum absolute atomic E-state index is 0.0955. The first kappa shape index (κ1) is 16.2. The van der Waals surface area contributed by atoms with E-state index in [1.54, 1.807) is 11.3 Å². The highest BCUT2D eigenvalue weighted by Gasteiger charge is 2.40. The average molecular weight is 364 g/mol. The molecule has 2 aromatic rings. The first-order valence-electron chi connectivity index (χ1n) is 8.32. The molecule has 128 valence electrons. The predicted molar refractivity (Wildman–Crippen MR) is 95.5 cm³/mol. The molecule has 0 radical (unpaired) electrons. The Morgan fingerprint density at radius 1 is 1.25 bits per heavy atom. The van der Waals surface area contributed by atoms with Crippen LogP contribution in [0.1, 0.15) is 27.5 Å². The summed E-state index contributed by atoms with van der Waals surface area (Å²) in [7, 11) is 0. The smallest absolute Gasteiger partial charge is 0.263 e. The number of rotatable bonds is 3. The molecule has 4 rings (SSSR count). The van der Waals surface area contributed by atoms with Gasteiger partial charge in [-0.25, -0.2) is 4.98 Å².